The predicted octanol–water partition coefficient (Wildman–Crippen LogP) is 3.85. The second-order valence-corrected chi connectivity index (χ2v) is 6.41. The van der Waals surface area contributed by atoms with E-state index in [-0.39, 0.29) is 0 Å². The number of tetrazole rings is 1. The van der Waals surface area contributed by atoms with E-state index in [9.17, 15) is 4.79 Å². The Hall–Kier alpha value is -3.32. The number of nitrogens with zero attached hydrogens (tertiary/aromatic N) is 3. The summed E-state index contributed by atoms with van der Waals surface area (Å²) in [5.41, 5.74) is 1.87. The van der Waals surface area contributed by atoms with Crippen LogP contribution in [0.3, 0.4) is 0 Å². The number of H-pyrrole nitrogens is 1. The Balaban J connectivity index is 1.95. The number of carboxylic acids is 1. The largest absolute Gasteiger partial charge is 0.478 e. The fraction of sp³-hybridized carbons (Fsp3) is 0. The van der Waals surface area contributed by atoms with Crippen molar-refractivity contribution in [1.29, 1.82) is 0 Å². The second-order valence-electron chi connectivity index (χ2n) is 5.33. The monoisotopic (exact) mass is 348 g/mol. The highest BCUT2D eigenvalue weighted by atomic mass is 32.1. The van der Waals surface area contributed by atoms with Crippen LogP contribution in [0.4, 0.5) is 0 Å². The Bertz CT molecular complexity index is 1080. The van der Waals surface area contributed by atoms with Gasteiger partial charge in [0.2, 0.25) is 5.82 Å². The molecule has 122 valence electrons. The van der Waals surface area contributed by atoms with E-state index in [0.29, 0.717) is 5.82 Å². The zero-order valence-corrected chi connectivity index (χ0v) is 13.7. The molecule has 4 rings (SSSR count). The highest BCUT2D eigenvalue weighted by Crippen LogP contribution is 2.41. The van der Waals surface area contributed by atoms with Crippen LogP contribution in [-0.4, -0.2) is 31.7 Å². The summed E-state index contributed by atoms with van der Waals surface area (Å²) in [7, 11) is 0. The molecule has 0 spiro atoms. The lowest BCUT2D eigenvalue weighted by Gasteiger charge is -2.06. The first kappa shape index (κ1) is 15.2. The van der Waals surface area contributed by atoms with Gasteiger partial charge in [-0.25, -0.2) is 4.79 Å². The van der Waals surface area contributed by atoms with Crippen molar-refractivity contribution in [3.8, 4) is 21.8 Å². The first-order valence-corrected chi connectivity index (χ1v) is 8.31. The molecule has 0 amide bonds. The molecule has 0 saturated carbocycles. The van der Waals surface area contributed by atoms with Crippen LogP contribution in [0.25, 0.3) is 38.7 Å². The van der Waals surface area contributed by atoms with Crippen LogP contribution in [0.5, 0.6) is 0 Å². The molecule has 2 aromatic heterocycles. The first-order chi connectivity index (χ1) is 12.2. The summed E-state index contributed by atoms with van der Waals surface area (Å²) in [6, 6.07) is 16.1. The van der Waals surface area contributed by atoms with Crippen LogP contribution in [0, 0.1) is 0 Å². The molecule has 4 aromatic rings. The molecule has 2 aromatic carbocycles. The number of aliphatic carboxylic acids is 1. The number of hydrogen-bond acceptors (Lipinski definition) is 5. The SMILES string of the molecule is O=C(O)/C=C/c1cc(-c2nn[nH]n2)c(-c2cccc3ccccc23)s1. The van der Waals surface area contributed by atoms with Crippen molar-refractivity contribution in [2.75, 3.05) is 0 Å². The van der Waals surface area contributed by atoms with Gasteiger partial charge in [-0.15, -0.1) is 21.5 Å². The maximum atomic E-state index is 10.8. The highest BCUT2D eigenvalue weighted by Gasteiger charge is 2.17. The minimum Gasteiger partial charge on any atom is -0.478 e. The fourth-order valence-corrected chi connectivity index (χ4v) is 3.81. The van der Waals surface area contributed by atoms with Crippen molar-refractivity contribution in [1.82, 2.24) is 20.6 Å². The standard InChI is InChI=1S/C18H12N4O2S/c23-16(24)9-8-12-10-15(18-19-21-22-20-18)17(25-12)14-7-3-5-11-4-1-2-6-13(11)14/h1-10H,(H,23,24)(H,19,20,21,22)/b9-8+. The molecule has 0 aliphatic carbocycles. The zero-order chi connectivity index (χ0) is 17.2. The van der Waals surface area contributed by atoms with E-state index >= 15 is 0 Å². The van der Waals surface area contributed by atoms with Crippen molar-refractivity contribution in [3.05, 3.63) is 59.5 Å². The quantitative estimate of drug-likeness (QED) is 0.547. The van der Waals surface area contributed by atoms with E-state index < -0.39 is 5.97 Å². The Kier molecular flexibility index (Phi) is 3.83. The predicted molar refractivity (Wildman–Crippen MR) is 97.1 cm³/mol. The van der Waals surface area contributed by atoms with Crippen LogP contribution >= 0.6 is 11.3 Å². The molecule has 7 heteroatoms. The summed E-state index contributed by atoms with van der Waals surface area (Å²) in [5, 5.41) is 25.4. The first-order valence-electron chi connectivity index (χ1n) is 7.49. The number of fused-ring (bicyclic) bond motifs is 1. The number of benzene rings is 2. The molecule has 0 atom stereocenters. The molecule has 0 saturated heterocycles. The van der Waals surface area contributed by atoms with E-state index in [1.807, 2.05) is 30.3 Å². The summed E-state index contributed by atoms with van der Waals surface area (Å²) in [4.78, 5) is 12.6. The van der Waals surface area contributed by atoms with Crippen molar-refractivity contribution < 1.29 is 9.90 Å². The van der Waals surface area contributed by atoms with Gasteiger partial charge < -0.3 is 5.11 Å². The van der Waals surface area contributed by atoms with Crippen molar-refractivity contribution >= 4 is 34.2 Å². The molecular formula is C18H12N4O2S. The number of aromatic nitrogens is 4. The van der Waals surface area contributed by atoms with E-state index in [1.54, 1.807) is 6.08 Å². The average molecular weight is 348 g/mol. The smallest absolute Gasteiger partial charge is 0.328 e. The Morgan fingerprint density at radius 3 is 2.76 bits per heavy atom. The summed E-state index contributed by atoms with van der Waals surface area (Å²) >= 11 is 1.50. The summed E-state index contributed by atoms with van der Waals surface area (Å²) in [6.45, 7) is 0. The number of hydrogen-bond donors (Lipinski definition) is 2. The van der Waals surface area contributed by atoms with E-state index in [2.05, 4.69) is 38.8 Å². The van der Waals surface area contributed by atoms with Gasteiger partial charge in [0, 0.05) is 27.0 Å². The van der Waals surface area contributed by atoms with Crippen LogP contribution < -0.4 is 0 Å². The van der Waals surface area contributed by atoms with E-state index in [4.69, 9.17) is 5.11 Å². The summed E-state index contributed by atoms with van der Waals surface area (Å²) in [6.07, 6.45) is 2.70. The number of aromatic amines is 1. The topological polar surface area (TPSA) is 91.8 Å². The molecule has 6 nitrogen and oxygen atoms in total. The van der Waals surface area contributed by atoms with Crippen LogP contribution in [0.1, 0.15) is 4.88 Å². The van der Waals surface area contributed by atoms with E-state index in [0.717, 1.165) is 37.7 Å². The minimum absolute atomic E-state index is 0.481. The molecule has 2 heterocycles. The van der Waals surface area contributed by atoms with E-state index in [1.165, 1.54) is 11.3 Å². The van der Waals surface area contributed by atoms with Gasteiger partial charge >= 0.3 is 5.97 Å². The van der Waals surface area contributed by atoms with Gasteiger partial charge in [-0.05, 0) is 28.1 Å². The molecule has 0 fully saturated rings. The highest BCUT2D eigenvalue weighted by molar-refractivity contribution is 7.17. The molecule has 25 heavy (non-hydrogen) atoms. The van der Waals surface area contributed by atoms with Gasteiger partial charge in [0.15, 0.2) is 0 Å². The third-order valence-electron chi connectivity index (χ3n) is 3.76. The van der Waals surface area contributed by atoms with Gasteiger partial charge in [0.05, 0.1) is 0 Å². The zero-order valence-electron chi connectivity index (χ0n) is 12.9. The minimum atomic E-state index is -0.985. The third kappa shape index (κ3) is 2.92. The molecule has 2 N–H and O–H groups in total. The molecule has 0 radical (unpaired) electrons. The summed E-state index contributed by atoms with van der Waals surface area (Å²) in [5.74, 6) is -0.504. The molecular weight excluding hydrogens is 336 g/mol. The lowest BCUT2D eigenvalue weighted by molar-refractivity contribution is -0.131. The number of nitrogens with one attached hydrogen (secondary N) is 1. The Morgan fingerprint density at radius 2 is 1.96 bits per heavy atom. The van der Waals surface area contributed by atoms with Crippen LogP contribution in [0.2, 0.25) is 0 Å². The Labute approximate surface area is 146 Å². The average Bonchev–Trinajstić information content (AvgIpc) is 3.29. The molecule has 0 unspecified atom stereocenters. The molecule has 0 bridgehead atoms. The third-order valence-corrected chi connectivity index (χ3v) is 4.90. The number of rotatable bonds is 4. The lowest BCUT2D eigenvalue weighted by atomic mass is 10.0. The number of carbonyl (C=O) groups is 1. The van der Waals surface area contributed by atoms with Gasteiger partial charge in [-0.2, -0.15) is 5.21 Å². The molecule has 0 aliphatic heterocycles. The van der Waals surface area contributed by atoms with Crippen LogP contribution in [0.15, 0.2) is 54.6 Å². The number of carboxylic acid groups (broad SMARTS) is 1. The number of thiophene rings is 1. The maximum absolute atomic E-state index is 10.8. The lowest BCUT2D eigenvalue weighted by Crippen LogP contribution is -1.84. The second kappa shape index (κ2) is 6.29. The van der Waals surface area contributed by atoms with Crippen molar-refractivity contribution in [2.24, 2.45) is 0 Å². The fourth-order valence-electron chi connectivity index (χ4n) is 2.71. The summed E-state index contributed by atoms with van der Waals surface area (Å²) < 4.78 is 0. The maximum Gasteiger partial charge on any atom is 0.328 e. The normalized spacial score (nSPS) is 11.4. The van der Waals surface area contributed by atoms with Crippen molar-refractivity contribution in [3.63, 3.8) is 0 Å². The van der Waals surface area contributed by atoms with Gasteiger partial charge in [0.25, 0.3) is 0 Å². The molecule has 0 aliphatic rings. The Morgan fingerprint density at radius 1 is 1.12 bits per heavy atom. The van der Waals surface area contributed by atoms with Crippen molar-refractivity contribution in [2.45, 2.75) is 0 Å². The van der Waals surface area contributed by atoms with Gasteiger partial charge in [-0.3, -0.25) is 0 Å². The van der Waals surface area contributed by atoms with Crippen LogP contribution in [-0.2, 0) is 4.79 Å². The van der Waals surface area contributed by atoms with Gasteiger partial charge in [0.1, 0.15) is 0 Å². The van der Waals surface area contributed by atoms with Gasteiger partial charge in [-0.1, -0.05) is 42.5 Å².